The summed E-state index contributed by atoms with van der Waals surface area (Å²) in [5.74, 6) is 0.729. The van der Waals surface area contributed by atoms with Crippen molar-refractivity contribution in [3.63, 3.8) is 0 Å². The lowest BCUT2D eigenvalue weighted by Crippen LogP contribution is -2.38. The van der Waals surface area contributed by atoms with Crippen LogP contribution in [0.1, 0.15) is 49.7 Å². The minimum atomic E-state index is -0.590. The molecule has 3 heterocycles. The first-order valence-electron chi connectivity index (χ1n) is 12.3. The SMILES string of the molecule is CCOC(=O)c1cn2c(cc1=O)-c1cc(OC)c(OCCN3CCOCC3)cc1CC2C(C)(C)C. The van der Waals surface area contributed by atoms with Crippen molar-refractivity contribution in [2.75, 3.05) is 53.2 Å². The van der Waals surface area contributed by atoms with Gasteiger partial charge in [-0.1, -0.05) is 20.8 Å². The first kappa shape index (κ1) is 25.3. The third-order valence-electron chi connectivity index (χ3n) is 6.76. The number of ether oxygens (including phenoxy) is 4. The molecule has 0 aliphatic carbocycles. The van der Waals surface area contributed by atoms with Crippen LogP contribution >= 0.6 is 0 Å². The van der Waals surface area contributed by atoms with Crippen LogP contribution in [0, 0.1) is 5.41 Å². The van der Waals surface area contributed by atoms with Crippen LogP contribution in [0.3, 0.4) is 0 Å². The van der Waals surface area contributed by atoms with Gasteiger partial charge in [-0.25, -0.2) is 4.79 Å². The lowest BCUT2D eigenvalue weighted by molar-refractivity contribution is 0.0321. The zero-order chi connectivity index (χ0) is 25.2. The fourth-order valence-corrected chi connectivity index (χ4v) is 4.81. The quantitative estimate of drug-likeness (QED) is 0.556. The van der Waals surface area contributed by atoms with Gasteiger partial charge in [0.05, 0.1) is 32.6 Å². The summed E-state index contributed by atoms with van der Waals surface area (Å²) in [6.45, 7) is 13.2. The highest BCUT2D eigenvalue weighted by Gasteiger charge is 2.34. The van der Waals surface area contributed by atoms with Crippen LogP contribution in [0.4, 0.5) is 0 Å². The van der Waals surface area contributed by atoms with Crippen LogP contribution in [-0.2, 0) is 15.9 Å². The second-order valence-corrected chi connectivity index (χ2v) is 10.1. The highest BCUT2D eigenvalue weighted by Crippen LogP contribution is 2.45. The van der Waals surface area contributed by atoms with Crippen molar-refractivity contribution in [3.05, 3.63) is 45.7 Å². The van der Waals surface area contributed by atoms with Crippen molar-refractivity contribution in [2.45, 2.75) is 40.2 Å². The number of hydrogen-bond acceptors (Lipinski definition) is 7. The predicted octanol–water partition coefficient (Wildman–Crippen LogP) is 3.55. The Morgan fingerprint density at radius 2 is 1.89 bits per heavy atom. The van der Waals surface area contributed by atoms with Crippen molar-refractivity contribution >= 4 is 5.97 Å². The van der Waals surface area contributed by atoms with Crippen LogP contribution < -0.4 is 14.9 Å². The van der Waals surface area contributed by atoms with E-state index in [-0.39, 0.29) is 29.1 Å². The lowest BCUT2D eigenvalue weighted by Gasteiger charge is -2.39. The number of aromatic nitrogens is 1. The molecule has 190 valence electrons. The van der Waals surface area contributed by atoms with E-state index >= 15 is 0 Å². The largest absolute Gasteiger partial charge is 0.493 e. The molecule has 2 aromatic rings. The Labute approximate surface area is 206 Å². The number of carbonyl (C=O) groups excluding carboxylic acids is 1. The first-order chi connectivity index (χ1) is 16.7. The van der Waals surface area contributed by atoms with Gasteiger partial charge in [0.15, 0.2) is 16.9 Å². The Bertz CT molecular complexity index is 1130. The van der Waals surface area contributed by atoms with Gasteiger partial charge in [0.25, 0.3) is 0 Å². The van der Waals surface area contributed by atoms with Gasteiger partial charge < -0.3 is 23.5 Å². The summed E-state index contributed by atoms with van der Waals surface area (Å²) < 4.78 is 24.4. The highest BCUT2D eigenvalue weighted by molar-refractivity contribution is 5.89. The summed E-state index contributed by atoms with van der Waals surface area (Å²) in [6, 6.07) is 5.56. The zero-order valence-electron chi connectivity index (χ0n) is 21.4. The molecule has 1 aromatic carbocycles. The van der Waals surface area contributed by atoms with Gasteiger partial charge in [0.1, 0.15) is 12.2 Å². The second-order valence-electron chi connectivity index (χ2n) is 10.1. The van der Waals surface area contributed by atoms with E-state index in [1.54, 1.807) is 26.3 Å². The van der Waals surface area contributed by atoms with Crippen LogP contribution in [0.2, 0.25) is 0 Å². The number of rotatable bonds is 7. The summed E-state index contributed by atoms with van der Waals surface area (Å²) in [7, 11) is 1.62. The summed E-state index contributed by atoms with van der Waals surface area (Å²) in [4.78, 5) is 27.7. The number of carbonyl (C=O) groups is 1. The van der Waals surface area contributed by atoms with Crippen LogP contribution in [0.5, 0.6) is 11.5 Å². The van der Waals surface area contributed by atoms with Gasteiger partial charge in [-0.15, -0.1) is 0 Å². The molecule has 0 bridgehead atoms. The molecule has 2 aliphatic rings. The lowest BCUT2D eigenvalue weighted by atomic mass is 9.78. The number of morpholine rings is 1. The van der Waals surface area contributed by atoms with Crippen molar-refractivity contribution in [1.82, 2.24) is 9.47 Å². The molecular weight excluding hydrogens is 448 g/mol. The summed E-state index contributed by atoms with van der Waals surface area (Å²) in [6.07, 6.45) is 2.40. The zero-order valence-corrected chi connectivity index (χ0v) is 21.4. The van der Waals surface area contributed by atoms with Crippen molar-refractivity contribution in [3.8, 4) is 22.8 Å². The molecule has 0 N–H and O–H groups in total. The summed E-state index contributed by atoms with van der Waals surface area (Å²) in [5, 5.41) is 0. The normalized spacial score (nSPS) is 17.9. The van der Waals surface area contributed by atoms with Crippen molar-refractivity contribution in [2.24, 2.45) is 5.41 Å². The van der Waals surface area contributed by atoms with Crippen LogP contribution in [0.15, 0.2) is 29.2 Å². The predicted molar refractivity (Wildman–Crippen MR) is 134 cm³/mol. The topological polar surface area (TPSA) is 79.2 Å². The van der Waals surface area contributed by atoms with Crippen molar-refractivity contribution in [1.29, 1.82) is 0 Å². The molecule has 8 heteroatoms. The number of hydrogen-bond donors (Lipinski definition) is 0. The minimum Gasteiger partial charge on any atom is -0.493 e. The molecule has 8 nitrogen and oxygen atoms in total. The molecule has 1 fully saturated rings. The molecule has 1 aromatic heterocycles. The third kappa shape index (κ3) is 5.38. The molecule has 1 unspecified atom stereocenters. The summed E-state index contributed by atoms with van der Waals surface area (Å²) >= 11 is 0. The van der Waals surface area contributed by atoms with E-state index in [1.165, 1.54) is 0 Å². The summed E-state index contributed by atoms with van der Waals surface area (Å²) in [5.41, 5.74) is 2.36. The van der Waals surface area contributed by atoms with Gasteiger partial charge >= 0.3 is 5.97 Å². The number of benzene rings is 1. The van der Waals surface area contributed by atoms with E-state index in [4.69, 9.17) is 18.9 Å². The molecule has 0 radical (unpaired) electrons. The fraction of sp³-hybridized carbons (Fsp3) is 0.556. The minimum absolute atomic E-state index is 0.0355. The number of pyridine rings is 1. The van der Waals surface area contributed by atoms with Gasteiger partial charge in [0, 0.05) is 43.5 Å². The van der Waals surface area contributed by atoms with Crippen LogP contribution in [0.25, 0.3) is 11.3 Å². The fourth-order valence-electron chi connectivity index (χ4n) is 4.81. The molecule has 4 rings (SSSR count). The first-order valence-corrected chi connectivity index (χ1v) is 12.3. The highest BCUT2D eigenvalue weighted by atomic mass is 16.5. The molecule has 1 atom stereocenters. The van der Waals surface area contributed by atoms with E-state index in [0.29, 0.717) is 18.1 Å². The number of methoxy groups -OCH3 is 1. The van der Waals surface area contributed by atoms with E-state index in [9.17, 15) is 9.59 Å². The average Bonchev–Trinajstić information content (AvgIpc) is 2.83. The Kier molecular flexibility index (Phi) is 7.52. The number of fused-ring (bicyclic) bond motifs is 3. The maximum absolute atomic E-state index is 12.9. The van der Waals surface area contributed by atoms with E-state index in [2.05, 4.69) is 25.7 Å². The van der Waals surface area contributed by atoms with Gasteiger partial charge in [0.2, 0.25) is 0 Å². The standard InChI is InChI=1S/C27H36N2O6/c1-6-34-26(31)20-17-29-21(16-22(20)30)19-15-23(32-5)24(13-18(19)14-25(29)27(2,3)4)35-12-9-28-7-10-33-11-8-28/h13,15-17,25H,6-12,14H2,1-5H3. The van der Waals surface area contributed by atoms with Gasteiger partial charge in [-0.05, 0) is 36.5 Å². The molecule has 0 amide bonds. The Balaban J connectivity index is 1.70. The van der Waals surface area contributed by atoms with Crippen molar-refractivity contribution < 1.29 is 23.7 Å². The molecule has 1 saturated heterocycles. The molecule has 35 heavy (non-hydrogen) atoms. The monoisotopic (exact) mass is 484 g/mol. The molecule has 0 spiro atoms. The average molecular weight is 485 g/mol. The number of esters is 1. The maximum atomic E-state index is 12.9. The molecule has 0 saturated carbocycles. The second kappa shape index (κ2) is 10.4. The number of nitrogens with zero attached hydrogens (tertiary/aromatic N) is 2. The van der Waals surface area contributed by atoms with E-state index in [0.717, 1.165) is 56.1 Å². The van der Waals surface area contributed by atoms with Crippen LogP contribution in [-0.4, -0.2) is 68.6 Å². The smallest absolute Gasteiger partial charge is 0.343 e. The Morgan fingerprint density at radius 1 is 1.14 bits per heavy atom. The Hall–Kier alpha value is -2.84. The Morgan fingerprint density at radius 3 is 2.54 bits per heavy atom. The van der Waals surface area contributed by atoms with E-state index < -0.39 is 5.97 Å². The molecule has 2 aliphatic heterocycles. The molecular formula is C27H36N2O6. The van der Waals surface area contributed by atoms with Gasteiger partial charge in [-0.2, -0.15) is 0 Å². The van der Waals surface area contributed by atoms with Gasteiger partial charge in [-0.3, -0.25) is 9.69 Å². The third-order valence-corrected chi connectivity index (χ3v) is 6.76. The maximum Gasteiger partial charge on any atom is 0.343 e. The van der Waals surface area contributed by atoms with E-state index in [1.807, 2.05) is 16.7 Å².